The number of anilines is 1. The van der Waals surface area contributed by atoms with Gasteiger partial charge in [-0.25, -0.2) is 15.0 Å². The number of aromatic amines is 2. The highest BCUT2D eigenvalue weighted by atomic mass is 15.2. The number of fused-ring (bicyclic) bond motifs is 2. The summed E-state index contributed by atoms with van der Waals surface area (Å²) in [6.07, 6.45) is 9.78. The predicted octanol–water partition coefficient (Wildman–Crippen LogP) is 3.22. The van der Waals surface area contributed by atoms with Crippen LogP contribution >= 0.6 is 0 Å². The van der Waals surface area contributed by atoms with Gasteiger partial charge in [0.1, 0.15) is 23.4 Å². The zero-order valence-corrected chi connectivity index (χ0v) is 13.2. The van der Waals surface area contributed by atoms with E-state index in [1.54, 1.807) is 6.33 Å². The van der Waals surface area contributed by atoms with Crippen LogP contribution in [0, 0.1) is 0 Å². The van der Waals surface area contributed by atoms with E-state index in [-0.39, 0.29) is 0 Å². The van der Waals surface area contributed by atoms with Crippen molar-refractivity contribution in [3.8, 4) is 0 Å². The fraction of sp³-hybridized carbons (Fsp3) is 0.278. The molecule has 5 rings (SSSR count). The number of piperidine rings is 1. The van der Waals surface area contributed by atoms with Gasteiger partial charge >= 0.3 is 0 Å². The lowest BCUT2D eigenvalue weighted by molar-refractivity contribution is 0.506. The molecule has 0 saturated carbocycles. The second-order valence-electron chi connectivity index (χ2n) is 6.34. The van der Waals surface area contributed by atoms with Crippen LogP contribution in [0.4, 0.5) is 5.82 Å². The first-order valence-electron chi connectivity index (χ1n) is 8.35. The third-order valence-electron chi connectivity index (χ3n) is 5.05. The Morgan fingerprint density at radius 3 is 2.75 bits per heavy atom. The van der Waals surface area contributed by atoms with E-state index in [2.05, 4.69) is 48.1 Å². The number of hydrogen-bond donors (Lipinski definition) is 2. The Balaban J connectivity index is 1.40. The summed E-state index contributed by atoms with van der Waals surface area (Å²) in [5.74, 6) is 1.61. The van der Waals surface area contributed by atoms with Crippen molar-refractivity contribution in [1.29, 1.82) is 0 Å². The molecule has 0 aromatic carbocycles. The first kappa shape index (κ1) is 13.5. The van der Waals surface area contributed by atoms with Gasteiger partial charge in [-0.15, -0.1) is 0 Å². The SMILES string of the molecule is c1cnc2[nH]cc(C3CCN(c4ncnc5[nH]ccc45)CC3)c2c1. The van der Waals surface area contributed by atoms with Gasteiger partial charge in [0.15, 0.2) is 0 Å². The van der Waals surface area contributed by atoms with Crippen LogP contribution in [0.3, 0.4) is 0 Å². The average Bonchev–Trinajstić information content (AvgIpc) is 3.28. The van der Waals surface area contributed by atoms with Crippen LogP contribution in [-0.4, -0.2) is 38.0 Å². The monoisotopic (exact) mass is 318 g/mol. The van der Waals surface area contributed by atoms with Crippen LogP contribution in [-0.2, 0) is 0 Å². The summed E-state index contributed by atoms with van der Waals surface area (Å²) in [5, 5.41) is 2.36. The zero-order valence-electron chi connectivity index (χ0n) is 13.2. The van der Waals surface area contributed by atoms with E-state index in [1.807, 2.05) is 18.5 Å². The van der Waals surface area contributed by atoms with Crippen LogP contribution in [0.5, 0.6) is 0 Å². The molecule has 6 nitrogen and oxygen atoms in total. The Morgan fingerprint density at radius 2 is 1.83 bits per heavy atom. The smallest absolute Gasteiger partial charge is 0.142 e. The van der Waals surface area contributed by atoms with Crippen LogP contribution in [0.15, 0.2) is 43.1 Å². The van der Waals surface area contributed by atoms with Gasteiger partial charge in [-0.3, -0.25) is 0 Å². The second kappa shape index (κ2) is 5.33. The number of aromatic nitrogens is 5. The Bertz CT molecular complexity index is 993. The minimum Gasteiger partial charge on any atom is -0.356 e. The minimum absolute atomic E-state index is 0.572. The van der Waals surface area contributed by atoms with Crippen molar-refractivity contribution in [2.75, 3.05) is 18.0 Å². The fourth-order valence-electron chi connectivity index (χ4n) is 3.83. The van der Waals surface area contributed by atoms with Crippen LogP contribution in [0.25, 0.3) is 22.1 Å². The van der Waals surface area contributed by atoms with Crippen molar-refractivity contribution in [3.63, 3.8) is 0 Å². The van der Waals surface area contributed by atoms with E-state index in [9.17, 15) is 0 Å². The second-order valence-corrected chi connectivity index (χ2v) is 6.34. The number of rotatable bonds is 2. The normalized spacial score (nSPS) is 16.2. The van der Waals surface area contributed by atoms with Crippen LogP contribution < -0.4 is 4.90 Å². The molecule has 0 bridgehead atoms. The molecule has 0 aliphatic carbocycles. The molecule has 24 heavy (non-hydrogen) atoms. The molecule has 5 heterocycles. The molecule has 4 aromatic heterocycles. The number of pyridine rings is 1. The first-order chi connectivity index (χ1) is 11.9. The van der Waals surface area contributed by atoms with Gasteiger partial charge in [0.25, 0.3) is 0 Å². The topological polar surface area (TPSA) is 73.5 Å². The van der Waals surface area contributed by atoms with Crippen molar-refractivity contribution in [2.24, 2.45) is 0 Å². The molecule has 0 radical (unpaired) electrons. The van der Waals surface area contributed by atoms with E-state index in [4.69, 9.17) is 0 Å². The average molecular weight is 318 g/mol. The molecule has 0 unspecified atom stereocenters. The van der Waals surface area contributed by atoms with Crippen LogP contribution in [0.2, 0.25) is 0 Å². The maximum atomic E-state index is 4.52. The summed E-state index contributed by atoms with van der Waals surface area (Å²) in [6.45, 7) is 2.02. The molecular formula is C18H18N6. The fourth-order valence-corrected chi connectivity index (χ4v) is 3.83. The Hall–Kier alpha value is -2.89. The van der Waals surface area contributed by atoms with E-state index in [0.717, 1.165) is 48.4 Å². The molecule has 1 aliphatic heterocycles. The largest absolute Gasteiger partial charge is 0.356 e. The molecule has 120 valence electrons. The van der Waals surface area contributed by atoms with Crippen molar-refractivity contribution in [2.45, 2.75) is 18.8 Å². The summed E-state index contributed by atoms with van der Waals surface area (Å²) < 4.78 is 0. The van der Waals surface area contributed by atoms with E-state index in [0.29, 0.717) is 5.92 Å². The number of nitrogens with zero attached hydrogens (tertiary/aromatic N) is 4. The third-order valence-corrected chi connectivity index (χ3v) is 5.05. The highest BCUT2D eigenvalue weighted by molar-refractivity contribution is 5.87. The molecule has 2 N–H and O–H groups in total. The molecule has 4 aromatic rings. The Labute approximate surface area is 139 Å². The molecule has 1 saturated heterocycles. The highest BCUT2D eigenvalue weighted by Gasteiger charge is 2.24. The van der Waals surface area contributed by atoms with Crippen molar-refractivity contribution in [3.05, 3.63) is 48.7 Å². The number of H-pyrrole nitrogens is 2. The predicted molar refractivity (Wildman–Crippen MR) is 94.2 cm³/mol. The number of nitrogens with one attached hydrogen (secondary N) is 2. The lowest BCUT2D eigenvalue weighted by Crippen LogP contribution is -2.33. The summed E-state index contributed by atoms with van der Waals surface area (Å²) in [7, 11) is 0. The van der Waals surface area contributed by atoms with Gasteiger partial charge < -0.3 is 14.9 Å². The first-order valence-corrected chi connectivity index (χ1v) is 8.35. The molecular weight excluding hydrogens is 300 g/mol. The van der Waals surface area contributed by atoms with Gasteiger partial charge in [-0.05, 0) is 42.5 Å². The Morgan fingerprint density at radius 1 is 0.958 bits per heavy atom. The molecule has 1 fully saturated rings. The van der Waals surface area contributed by atoms with Gasteiger partial charge in [-0.2, -0.15) is 0 Å². The minimum atomic E-state index is 0.572. The lowest BCUT2D eigenvalue weighted by Gasteiger charge is -2.33. The van der Waals surface area contributed by atoms with E-state index >= 15 is 0 Å². The Kier molecular flexibility index (Phi) is 3.01. The van der Waals surface area contributed by atoms with Crippen molar-refractivity contribution in [1.82, 2.24) is 24.9 Å². The molecule has 0 amide bonds. The maximum absolute atomic E-state index is 4.52. The summed E-state index contributed by atoms with van der Waals surface area (Å²) in [4.78, 5) is 22.0. The summed E-state index contributed by atoms with van der Waals surface area (Å²) in [6, 6.07) is 6.23. The quantitative estimate of drug-likeness (QED) is 0.595. The van der Waals surface area contributed by atoms with Gasteiger partial charge in [0.05, 0.1) is 5.39 Å². The summed E-state index contributed by atoms with van der Waals surface area (Å²) in [5.41, 5.74) is 3.29. The van der Waals surface area contributed by atoms with Gasteiger partial charge in [0.2, 0.25) is 0 Å². The zero-order chi connectivity index (χ0) is 15.9. The standard InChI is InChI=1S/C18H18N6/c1-2-13-15(10-21-16(13)19-6-1)12-4-8-24(9-5-12)18-14-3-7-20-17(14)22-11-23-18/h1-3,6-7,10-12H,4-5,8-9H2,(H,19,21)(H,20,22,23). The third kappa shape index (κ3) is 2.06. The number of hydrogen-bond acceptors (Lipinski definition) is 4. The maximum Gasteiger partial charge on any atom is 0.142 e. The molecule has 6 heteroatoms. The lowest BCUT2D eigenvalue weighted by atomic mass is 9.89. The van der Waals surface area contributed by atoms with Gasteiger partial charge in [-0.1, -0.05) is 0 Å². The van der Waals surface area contributed by atoms with Crippen molar-refractivity contribution >= 4 is 27.9 Å². The van der Waals surface area contributed by atoms with Gasteiger partial charge in [0, 0.05) is 37.1 Å². The van der Waals surface area contributed by atoms with E-state index < -0.39 is 0 Å². The van der Waals surface area contributed by atoms with Crippen LogP contribution in [0.1, 0.15) is 24.3 Å². The van der Waals surface area contributed by atoms with E-state index in [1.165, 1.54) is 10.9 Å². The molecule has 1 aliphatic rings. The summed E-state index contributed by atoms with van der Waals surface area (Å²) >= 11 is 0. The molecule has 0 spiro atoms. The van der Waals surface area contributed by atoms with Crippen molar-refractivity contribution < 1.29 is 0 Å². The highest BCUT2D eigenvalue weighted by Crippen LogP contribution is 2.34. The molecule has 0 atom stereocenters.